The zero-order chi connectivity index (χ0) is 9.72. The maximum absolute atomic E-state index is 11.2. The van der Waals surface area contributed by atoms with Crippen molar-refractivity contribution < 1.29 is 4.79 Å². The number of amides is 1. The van der Waals surface area contributed by atoms with Gasteiger partial charge < -0.3 is 4.90 Å². The van der Waals surface area contributed by atoms with E-state index in [4.69, 9.17) is 0 Å². The Kier molecular flexibility index (Phi) is 4.95. The predicted octanol–water partition coefficient (Wildman–Crippen LogP) is 2.15. The molecule has 0 aliphatic carbocycles. The summed E-state index contributed by atoms with van der Waals surface area (Å²) in [6.07, 6.45) is 1.70. The van der Waals surface area contributed by atoms with Gasteiger partial charge in [0.2, 0.25) is 5.91 Å². The highest BCUT2D eigenvalue weighted by atomic mass is 16.2. The fourth-order valence-electron chi connectivity index (χ4n) is 0.908. The second-order valence-electron chi connectivity index (χ2n) is 4.05. The first-order chi connectivity index (χ1) is 5.45. The van der Waals surface area contributed by atoms with Crippen LogP contribution in [0, 0.1) is 11.8 Å². The second-order valence-corrected chi connectivity index (χ2v) is 4.05. The summed E-state index contributed by atoms with van der Waals surface area (Å²) >= 11 is 0. The van der Waals surface area contributed by atoms with Crippen LogP contribution in [0.2, 0.25) is 0 Å². The van der Waals surface area contributed by atoms with Gasteiger partial charge in [0.15, 0.2) is 0 Å². The molecule has 0 radical (unpaired) electrons. The molecule has 2 heteroatoms. The molecule has 1 amide bonds. The Bertz CT molecular complexity index is 141. The fraction of sp³-hybridized carbons (Fsp3) is 0.900. The van der Waals surface area contributed by atoms with Crippen molar-refractivity contribution in [2.24, 2.45) is 11.8 Å². The molecule has 0 unspecified atom stereocenters. The van der Waals surface area contributed by atoms with E-state index in [-0.39, 0.29) is 5.91 Å². The molecule has 0 N–H and O–H groups in total. The van der Waals surface area contributed by atoms with Gasteiger partial charge in [-0.15, -0.1) is 0 Å². The quantitative estimate of drug-likeness (QED) is 0.634. The van der Waals surface area contributed by atoms with Crippen molar-refractivity contribution in [2.45, 2.75) is 33.6 Å². The zero-order valence-electron chi connectivity index (χ0n) is 8.92. The molecule has 0 spiro atoms. The first-order valence-corrected chi connectivity index (χ1v) is 4.65. The Labute approximate surface area is 75.9 Å². The van der Waals surface area contributed by atoms with Crippen LogP contribution < -0.4 is 0 Å². The summed E-state index contributed by atoms with van der Waals surface area (Å²) in [6, 6.07) is 0. The maximum atomic E-state index is 11.2. The van der Waals surface area contributed by atoms with Crippen molar-refractivity contribution in [3.05, 3.63) is 0 Å². The molecule has 0 aromatic carbocycles. The Balaban J connectivity index is 3.61. The highest BCUT2D eigenvalue weighted by Gasteiger charge is 2.10. The topological polar surface area (TPSA) is 20.3 Å². The molecular formula is C10H21NO. The van der Waals surface area contributed by atoms with Crippen LogP contribution in [-0.2, 0) is 4.79 Å². The lowest BCUT2D eigenvalue weighted by atomic mass is 9.93. The van der Waals surface area contributed by atoms with Gasteiger partial charge in [-0.2, -0.15) is 0 Å². The third-order valence-electron chi connectivity index (χ3n) is 2.45. The Morgan fingerprint density at radius 3 is 2.08 bits per heavy atom. The van der Waals surface area contributed by atoms with Gasteiger partial charge in [0.25, 0.3) is 0 Å². The van der Waals surface area contributed by atoms with Crippen LogP contribution in [-0.4, -0.2) is 24.9 Å². The van der Waals surface area contributed by atoms with Crippen LogP contribution >= 0.6 is 0 Å². The van der Waals surface area contributed by atoms with Gasteiger partial charge in [0, 0.05) is 20.5 Å². The van der Waals surface area contributed by atoms with Crippen molar-refractivity contribution in [3.8, 4) is 0 Å². The van der Waals surface area contributed by atoms with Crippen molar-refractivity contribution in [3.63, 3.8) is 0 Å². The molecule has 72 valence electrons. The van der Waals surface area contributed by atoms with Gasteiger partial charge >= 0.3 is 0 Å². The lowest BCUT2D eigenvalue weighted by molar-refractivity contribution is -0.129. The molecule has 0 aromatic heterocycles. The normalized spacial score (nSPS) is 13.2. The van der Waals surface area contributed by atoms with Gasteiger partial charge in [0.05, 0.1) is 0 Å². The van der Waals surface area contributed by atoms with Crippen LogP contribution in [0.4, 0.5) is 0 Å². The SMILES string of the molecule is CC(C)[C@H](C)CCC(=O)N(C)C. The minimum atomic E-state index is 0.238. The number of hydrogen-bond donors (Lipinski definition) is 0. The van der Waals surface area contributed by atoms with Gasteiger partial charge in [-0.05, 0) is 18.3 Å². The van der Waals surface area contributed by atoms with Crippen LogP contribution in [0.25, 0.3) is 0 Å². The van der Waals surface area contributed by atoms with E-state index in [2.05, 4.69) is 20.8 Å². The molecule has 0 rings (SSSR count). The minimum Gasteiger partial charge on any atom is -0.349 e. The van der Waals surface area contributed by atoms with Gasteiger partial charge in [-0.1, -0.05) is 20.8 Å². The van der Waals surface area contributed by atoms with E-state index in [0.29, 0.717) is 18.3 Å². The fourth-order valence-corrected chi connectivity index (χ4v) is 0.908. The van der Waals surface area contributed by atoms with E-state index in [1.54, 1.807) is 4.90 Å². The largest absolute Gasteiger partial charge is 0.349 e. The summed E-state index contributed by atoms with van der Waals surface area (Å²) in [5.41, 5.74) is 0. The summed E-state index contributed by atoms with van der Waals surface area (Å²) in [4.78, 5) is 12.9. The van der Waals surface area contributed by atoms with Crippen molar-refractivity contribution in [2.75, 3.05) is 14.1 Å². The minimum absolute atomic E-state index is 0.238. The molecule has 0 aliphatic heterocycles. The molecule has 0 fully saturated rings. The van der Waals surface area contributed by atoms with Gasteiger partial charge in [-0.25, -0.2) is 0 Å². The number of carbonyl (C=O) groups is 1. The Morgan fingerprint density at radius 1 is 1.25 bits per heavy atom. The lowest BCUT2D eigenvalue weighted by Gasteiger charge is -2.16. The number of nitrogens with zero attached hydrogens (tertiary/aromatic N) is 1. The van der Waals surface area contributed by atoms with Crippen LogP contribution in [0.15, 0.2) is 0 Å². The zero-order valence-corrected chi connectivity index (χ0v) is 8.92. The molecule has 12 heavy (non-hydrogen) atoms. The molecule has 0 bridgehead atoms. The first-order valence-electron chi connectivity index (χ1n) is 4.65. The summed E-state index contributed by atoms with van der Waals surface area (Å²) in [7, 11) is 3.62. The third kappa shape index (κ3) is 4.37. The van der Waals surface area contributed by atoms with E-state index >= 15 is 0 Å². The molecule has 0 saturated carbocycles. The molecule has 0 aromatic rings. The summed E-state index contributed by atoms with van der Waals surface area (Å²) in [6.45, 7) is 6.60. The number of hydrogen-bond acceptors (Lipinski definition) is 1. The number of carbonyl (C=O) groups excluding carboxylic acids is 1. The monoisotopic (exact) mass is 171 g/mol. The lowest BCUT2D eigenvalue weighted by Crippen LogP contribution is -2.22. The van der Waals surface area contributed by atoms with Crippen LogP contribution in [0.5, 0.6) is 0 Å². The average molecular weight is 171 g/mol. The summed E-state index contributed by atoms with van der Waals surface area (Å²) in [5, 5.41) is 0. The molecule has 0 aliphatic rings. The van der Waals surface area contributed by atoms with Crippen LogP contribution in [0.1, 0.15) is 33.6 Å². The second kappa shape index (κ2) is 5.18. The number of rotatable bonds is 4. The third-order valence-corrected chi connectivity index (χ3v) is 2.45. The predicted molar refractivity (Wildman–Crippen MR) is 51.9 cm³/mol. The summed E-state index contributed by atoms with van der Waals surface area (Å²) < 4.78 is 0. The standard InChI is InChI=1S/C10H21NO/c1-8(2)9(3)6-7-10(12)11(4)5/h8-9H,6-7H2,1-5H3/t9-/m1/s1. The molecule has 0 saturated heterocycles. The van der Waals surface area contributed by atoms with Crippen molar-refractivity contribution in [1.29, 1.82) is 0 Å². The highest BCUT2D eigenvalue weighted by molar-refractivity contribution is 5.75. The smallest absolute Gasteiger partial charge is 0.222 e. The Hall–Kier alpha value is -0.530. The molecule has 1 atom stereocenters. The van der Waals surface area contributed by atoms with E-state index in [1.807, 2.05) is 14.1 Å². The summed E-state index contributed by atoms with van der Waals surface area (Å²) in [5.74, 6) is 1.57. The van der Waals surface area contributed by atoms with Gasteiger partial charge in [-0.3, -0.25) is 4.79 Å². The van der Waals surface area contributed by atoms with E-state index in [1.165, 1.54) is 0 Å². The maximum Gasteiger partial charge on any atom is 0.222 e. The molecular weight excluding hydrogens is 150 g/mol. The molecule has 2 nitrogen and oxygen atoms in total. The van der Waals surface area contributed by atoms with Crippen molar-refractivity contribution >= 4 is 5.91 Å². The Morgan fingerprint density at radius 2 is 1.75 bits per heavy atom. The van der Waals surface area contributed by atoms with E-state index < -0.39 is 0 Å². The first kappa shape index (κ1) is 11.5. The van der Waals surface area contributed by atoms with E-state index in [0.717, 1.165) is 6.42 Å². The van der Waals surface area contributed by atoms with Gasteiger partial charge in [0.1, 0.15) is 0 Å². The van der Waals surface area contributed by atoms with E-state index in [9.17, 15) is 4.79 Å². The molecule has 0 heterocycles. The van der Waals surface area contributed by atoms with Crippen molar-refractivity contribution in [1.82, 2.24) is 4.90 Å². The van der Waals surface area contributed by atoms with Crippen LogP contribution in [0.3, 0.4) is 0 Å². The average Bonchev–Trinajstić information content (AvgIpc) is 1.98. The highest BCUT2D eigenvalue weighted by Crippen LogP contribution is 2.15.